The molecule has 0 unspecified atom stereocenters. The van der Waals surface area contributed by atoms with Crippen molar-refractivity contribution in [3.63, 3.8) is 0 Å². The van der Waals surface area contributed by atoms with Crippen LogP contribution >= 0.6 is 34.2 Å². The van der Waals surface area contributed by atoms with Gasteiger partial charge in [-0.25, -0.2) is 4.79 Å². The summed E-state index contributed by atoms with van der Waals surface area (Å²) in [6.45, 7) is 0.658. The monoisotopic (exact) mass is 340 g/mol. The van der Waals surface area contributed by atoms with Crippen molar-refractivity contribution >= 4 is 40.2 Å². The molecule has 0 spiro atoms. The van der Waals surface area contributed by atoms with Crippen LogP contribution in [-0.2, 0) is 9.47 Å². The number of halogens is 2. The summed E-state index contributed by atoms with van der Waals surface area (Å²) in [7, 11) is 1.55. The van der Waals surface area contributed by atoms with Gasteiger partial charge in [-0.3, -0.25) is 0 Å². The standard InChI is InChI=1S/C10H10ClIO3/c1-14-4-5-15-10(13)7-2-3-8(11)9(12)6-7/h2-3,6H,4-5H2,1H3. The molecule has 0 N–H and O–H groups in total. The van der Waals surface area contributed by atoms with E-state index in [1.807, 2.05) is 0 Å². The van der Waals surface area contributed by atoms with Gasteiger partial charge in [-0.2, -0.15) is 0 Å². The van der Waals surface area contributed by atoms with Crippen LogP contribution in [0.2, 0.25) is 5.02 Å². The number of ether oxygens (including phenoxy) is 2. The first kappa shape index (κ1) is 12.7. The van der Waals surface area contributed by atoms with Gasteiger partial charge >= 0.3 is 5.97 Å². The van der Waals surface area contributed by atoms with Crippen LogP contribution in [0.4, 0.5) is 0 Å². The van der Waals surface area contributed by atoms with Crippen LogP contribution in [0.5, 0.6) is 0 Å². The topological polar surface area (TPSA) is 35.5 Å². The van der Waals surface area contributed by atoms with Crippen LogP contribution in [0.15, 0.2) is 18.2 Å². The van der Waals surface area contributed by atoms with Crippen molar-refractivity contribution in [2.24, 2.45) is 0 Å². The smallest absolute Gasteiger partial charge is 0.338 e. The van der Waals surface area contributed by atoms with E-state index in [0.717, 1.165) is 3.57 Å². The highest BCUT2D eigenvalue weighted by Gasteiger charge is 2.08. The van der Waals surface area contributed by atoms with E-state index in [1.165, 1.54) is 0 Å². The van der Waals surface area contributed by atoms with Crippen molar-refractivity contribution in [2.45, 2.75) is 0 Å². The van der Waals surface area contributed by atoms with E-state index >= 15 is 0 Å². The third kappa shape index (κ3) is 3.96. The van der Waals surface area contributed by atoms with E-state index in [4.69, 9.17) is 21.1 Å². The third-order valence-electron chi connectivity index (χ3n) is 1.68. The number of hydrogen-bond donors (Lipinski definition) is 0. The Balaban J connectivity index is 2.62. The van der Waals surface area contributed by atoms with Gasteiger partial charge in [0.2, 0.25) is 0 Å². The lowest BCUT2D eigenvalue weighted by molar-refractivity contribution is 0.0388. The van der Waals surface area contributed by atoms with Crippen molar-refractivity contribution in [3.05, 3.63) is 32.4 Å². The summed E-state index contributed by atoms with van der Waals surface area (Å²) in [5, 5.41) is 0.629. The fourth-order valence-electron chi connectivity index (χ4n) is 0.924. The molecule has 0 aliphatic heterocycles. The Morgan fingerprint density at radius 1 is 1.47 bits per heavy atom. The summed E-state index contributed by atoms with van der Waals surface area (Å²) in [6.07, 6.45) is 0. The van der Waals surface area contributed by atoms with E-state index in [-0.39, 0.29) is 12.6 Å². The fourth-order valence-corrected chi connectivity index (χ4v) is 1.56. The number of esters is 1. The number of hydrogen-bond acceptors (Lipinski definition) is 3. The molecule has 5 heteroatoms. The first-order valence-corrected chi connectivity index (χ1v) is 5.72. The molecule has 0 saturated carbocycles. The molecular formula is C10H10ClIO3. The molecule has 0 aliphatic rings. The normalized spacial score (nSPS) is 10.1. The number of rotatable bonds is 4. The van der Waals surface area contributed by atoms with Crippen LogP contribution in [0, 0.1) is 3.57 Å². The molecule has 0 aliphatic carbocycles. The van der Waals surface area contributed by atoms with E-state index < -0.39 is 0 Å². The summed E-state index contributed by atoms with van der Waals surface area (Å²) in [5.41, 5.74) is 0.500. The van der Waals surface area contributed by atoms with Crippen LogP contribution in [-0.4, -0.2) is 26.3 Å². The van der Waals surface area contributed by atoms with Gasteiger partial charge in [-0.05, 0) is 40.8 Å². The summed E-state index contributed by atoms with van der Waals surface area (Å²) >= 11 is 7.90. The van der Waals surface area contributed by atoms with Crippen molar-refractivity contribution in [1.82, 2.24) is 0 Å². The van der Waals surface area contributed by atoms with Gasteiger partial charge in [0.25, 0.3) is 0 Å². The highest BCUT2D eigenvalue weighted by molar-refractivity contribution is 14.1. The molecular weight excluding hydrogens is 330 g/mol. The van der Waals surface area contributed by atoms with Crippen molar-refractivity contribution in [1.29, 1.82) is 0 Å². The van der Waals surface area contributed by atoms with E-state index in [2.05, 4.69) is 22.6 Å². The molecule has 0 amide bonds. The van der Waals surface area contributed by atoms with Crippen molar-refractivity contribution in [2.75, 3.05) is 20.3 Å². The molecule has 0 aromatic heterocycles. The SMILES string of the molecule is COCCOC(=O)c1ccc(Cl)c(I)c1. The average molecular weight is 341 g/mol. The van der Waals surface area contributed by atoms with Gasteiger partial charge in [-0.15, -0.1) is 0 Å². The Hall–Kier alpha value is -0.330. The second kappa shape index (κ2) is 6.30. The van der Waals surface area contributed by atoms with Gasteiger partial charge in [0.15, 0.2) is 0 Å². The van der Waals surface area contributed by atoms with Gasteiger partial charge in [0.05, 0.1) is 17.2 Å². The minimum Gasteiger partial charge on any atom is -0.460 e. The largest absolute Gasteiger partial charge is 0.460 e. The molecule has 0 heterocycles. The Morgan fingerprint density at radius 2 is 2.20 bits per heavy atom. The fraction of sp³-hybridized carbons (Fsp3) is 0.300. The Bertz CT molecular complexity index is 355. The van der Waals surface area contributed by atoms with Crippen molar-refractivity contribution < 1.29 is 14.3 Å². The number of methoxy groups -OCH3 is 1. The second-order valence-corrected chi connectivity index (χ2v) is 4.33. The minimum absolute atomic E-state index is 0.258. The zero-order chi connectivity index (χ0) is 11.3. The van der Waals surface area contributed by atoms with Crippen LogP contribution in [0.1, 0.15) is 10.4 Å². The molecule has 0 fully saturated rings. The average Bonchev–Trinajstić information content (AvgIpc) is 2.22. The van der Waals surface area contributed by atoms with E-state index in [1.54, 1.807) is 25.3 Å². The predicted molar refractivity (Wildman–Crippen MR) is 66.3 cm³/mol. The highest BCUT2D eigenvalue weighted by Crippen LogP contribution is 2.19. The van der Waals surface area contributed by atoms with Crippen LogP contribution in [0.3, 0.4) is 0 Å². The zero-order valence-corrected chi connectivity index (χ0v) is 11.0. The maximum atomic E-state index is 11.5. The van der Waals surface area contributed by atoms with Crippen LogP contribution < -0.4 is 0 Å². The van der Waals surface area contributed by atoms with Gasteiger partial charge in [0, 0.05) is 10.7 Å². The Morgan fingerprint density at radius 3 is 2.80 bits per heavy atom. The Labute approximate surface area is 107 Å². The quantitative estimate of drug-likeness (QED) is 0.480. The molecule has 0 bridgehead atoms. The summed E-state index contributed by atoms with van der Waals surface area (Å²) in [4.78, 5) is 11.5. The first-order chi connectivity index (χ1) is 7.15. The maximum absolute atomic E-state index is 11.5. The lowest BCUT2D eigenvalue weighted by Crippen LogP contribution is -2.10. The summed E-state index contributed by atoms with van der Waals surface area (Å²) in [5.74, 6) is -0.360. The minimum atomic E-state index is -0.360. The molecule has 1 rings (SSSR count). The predicted octanol–water partition coefficient (Wildman–Crippen LogP) is 2.75. The lowest BCUT2D eigenvalue weighted by Gasteiger charge is -2.04. The molecule has 0 radical (unpaired) electrons. The van der Waals surface area contributed by atoms with Gasteiger partial charge in [-0.1, -0.05) is 11.6 Å². The molecule has 0 saturated heterocycles. The molecule has 82 valence electrons. The summed E-state index contributed by atoms with van der Waals surface area (Å²) < 4.78 is 10.6. The molecule has 15 heavy (non-hydrogen) atoms. The molecule has 0 atom stereocenters. The number of carbonyl (C=O) groups is 1. The zero-order valence-electron chi connectivity index (χ0n) is 8.13. The number of benzene rings is 1. The first-order valence-electron chi connectivity index (χ1n) is 4.26. The molecule has 1 aromatic rings. The van der Waals surface area contributed by atoms with Gasteiger partial charge < -0.3 is 9.47 Å². The number of carbonyl (C=O) groups excluding carboxylic acids is 1. The van der Waals surface area contributed by atoms with Crippen molar-refractivity contribution in [3.8, 4) is 0 Å². The lowest BCUT2D eigenvalue weighted by atomic mass is 10.2. The summed E-state index contributed by atoms with van der Waals surface area (Å²) in [6, 6.07) is 5.01. The third-order valence-corrected chi connectivity index (χ3v) is 3.22. The van der Waals surface area contributed by atoms with E-state index in [9.17, 15) is 4.79 Å². The molecule has 3 nitrogen and oxygen atoms in total. The van der Waals surface area contributed by atoms with Crippen LogP contribution in [0.25, 0.3) is 0 Å². The maximum Gasteiger partial charge on any atom is 0.338 e. The Kier molecular flexibility index (Phi) is 5.35. The highest BCUT2D eigenvalue weighted by atomic mass is 127. The van der Waals surface area contributed by atoms with Gasteiger partial charge in [0.1, 0.15) is 6.61 Å². The molecule has 1 aromatic carbocycles. The second-order valence-electron chi connectivity index (χ2n) is 2.76. The van der Waals surface area contributed by atoms with E-state index in [0.29, 0.717) is 17.2 Å².